The van der Waals surface area contributed by atoms with Gasteiger partial charge in [-0.2, -0.15) is 5.10 Å². The summed E-state index contributed by atoms with van der Waals surface area (Å²) in [7, 11) is 0. The molecule has 6 heteroatoms. The molecule has 0 radical (unpaired) electrons. The highest BCUT2D eigenvalue weighted by Crippen LogP contribution is 2.26. The molecule has 1 aliphatic rings. The highest BCUT2D eigenvalue weighted by atomic mass is 32.1. The Labute approximate surface area is 140 Å². The van der Waals surface area contributed by atoms with Gasteiger partial charge in [-0.3, -0.25) is 4.90 Å². The van der Waals surface area contributed by atoms with Crippen LogP contribution in [0.5, 0.6) is 0 Å². The van der Waals surface area contributed by atoms with E-state index < -0.39 is 0 Å². The smallest absolute Gasteiger partial charge is 0.147 e. The SMILES string of the molecule is Cc1nc(C)n(C[C@H]2CCCN2Cc2nc3ccccc3s2)n1. The van der Waals surface area contributed by atoms with Crippen LogP contribution in [-0.4, -0.2) is 37.2 Å². The maximum atomic E-state index is 4.78. The molecule has 2 aromatic heterocycles. The molecule has 0 N–H and O–H groups in total. The molecule has 23 heavy (non-hydrogen) atoms. The Morgan fingerprint density at radius 1 is 1.22 bits per heavy atom. The zero-order valence-electron chi connectivity index (χ0n) is 13.6. The third kappa shape index (κ3) is 3.01. The van der Waals surface area contributed by atoms with Gasteiger partial charge in [0.05, 0.1) is 23.3 Å². The number of rotatable bonds is 4. The van der Waals surface area contributed by atoms with Crippen molar-refractivity contribution < 1.29 is 0 Å². The van der Waals surface area contributed by atoms with E-state index in [0.717, 1.165) is 36.8 Å². The van der Waals surface area contributed by atoms with Crippen LogP contribution in [0.4, 0.5) is 0 Å². The number of likely N-dealkylation sites (tertiary alicyclic amines) is 1. The minimum atomic E-state index is 0.529. The van der Waals surface area contributed by atoms with Crippen molar-refractivity contribution in [1.29, 1.82) is 0 Å². The van der Waals surface area contributed by atoms with Crippen LogP contribution < -0.4 is 0 Å². The molecule has 0 aliphatic carbocycles. The maximum absolute atomic E-state index is 4.78. The van der Waals surface area contributed by atoms with Crippen molar-refractivity contribution in [2.24, 2.45) is 0 Å². The lowest BCUT2D eigenvalue weighted by Gasteiger charge is -2.23. The molecule has 1 fully saturated rings. The van der Waals surface area contributed by atoms with Crippen molar-refractivity contribution in [3.63, 3.8) is 0 Å². The third-order valence-electron chi connectivity index (χ3n) is 4.52. The minimum absolute atomic E-state index is 0.529. The number of hydrogen-bond donors (Lipinski definition) is 0. The number of thiazole rings is 1. The van der Waals surface area contributed by atoms with E-state index in [2.05, 4.69) is 43.9 Å². The van der Waals surface area contributed by atoms with E-state index in [4.69, 9.17) is 4.98 Å². The molecule has 3 heterocycles. The molecule has 3 aromatic rings. The van der Waals surface area contributed by atoms with Gasteiger partial charge in [0.25, 0.3) is 0 Å². The third-order valence-corrected chi connectivity index (χ3v) is 5.54. The van der Waals surface area contributed by atoms with Crippen LogP contribution in [0.25, 0.3) is 10.2 Å². The van der Waals surface area contributed by atoms with Crippen molar-refractivity contribution in [2.45, 2.75) is 45.8 Å². The lowest BCUT2D eigenvalue weighted by molar-refractivity contribution is 0.217. The lowest BCUT2D eigenvalue weighted by atomic mass is 10.2. The molecule has 1 saturated heterocycles. The van der Waals surface area contributed by atoms with Gasteiger partial charge in [-0.05, 0) is 45.4 Å². The molecule has 0 spiro atoms. The second-order valence-corrected chi connectivity index (χ2v) is 7.35. The van der Waals surface area contributed by atoms with Crippen LogP contribution in [0.3, 0.4) is 0 Å². The van der Waals surface area contributed by atoms with E-state index in [1.807, 2.05) is 25.2 Å². The average molecular weight is 327 g/mol. The van der Waals surface area contributed by atoms with E-state index >= 15 is 0 Å². The van der Waals surface area contributed by atoms with Crippen molar-refractivity contribution in [3.05, 3.63) is 40.9 Å². The van der Waals surface area contributed by atoms with Crippen LogP contribution in [0.2, 0.25) is 0 Å². The molecular formula is C17H21N5S. The summed E-state index contributed by atoms with van der Waals surface area (Å²) in [6.45, 7) is 7.01. The van der Waals surface area contributed by atoms with Gasteiger partial charge in [0.1, 0.15) is 16.7 Å². The maximum Gasteiger partial charge on any atom is 0.147 e. The van der Waals surface area contributed by atoms with Gasteiger partial charge >= 0.3 is 0 Å². The number of aromatic nitrogens is 4. The van der Waals surface area contributed by atoms with Gasteiger partial charge in [0, 0.05) is 6.04 Å². The van der Waals surface area contributed by atoms with E-state index in [9.17, 15) is 0 Å². The first kappa shape index (κ1) is 14.8. The molecule has 0 saturated carbocycles. The van der Waals surface area contributed by atoms with Gasteiger partial charge in [-0.15, -0.1) is 11.3 Å². The fourth-order valence-electron chi connectivity index (χ4n) is 3.41. The lowest BCUT2D eigenvalue weighted by Crippen LogP contribution is -2.33. The molecule has 0 unspecified atom stereocenters. The monoisotopic (exact) mass is 327 g/mol. The van der Waals surface area contributed by atoms with Crippen molar-refractivity contribution in [3.8, 4) is 0 Å². The Balaban J connectivity index is 1.50. The average Bonchev–Trinajstić information content (AvgIpc) is 3.20. The minimum Gasteiger partial charge on any atom is -0.292 e. The number of aryl methyl sites for hydroxylation is 2. The highest BCUT2D eigenvalue weighted by molar-refractivity contribution is 7.18. The summed E-state index contributed by atoms with van der Waals surface area (Å²) in [5.41, 5.74) is 1.12. The topological polar surface area (TPSA) is 46.8 Å². The van der Waals surface area contributed by atoms with E-state index in [1.165, 1.54) is 22.5 Å². The fourth-order valence-corrected chi connectivity index (χ4v) is 4.40. The second kappa shape index (κ2) is 6.02. The van der Waals surface area contributed by atoms with Gasteiger partial charge in [-0.1, -0.05) is 12.1 Å². The predicted molar refractivity (Wildman–Crippen MR) is 92.5 cm³/mol. The van der Waals surface area contributed by atoms with E-state index in [-0.39, 0.29) is 0 Å². The number of fused-ring (bicyclic) bond motifs is 1. The Kier molecular flexibility index (Phi) is 3.87. The number of para-hydroxylation sites is 1. The van der Waals surface area contributed by atoms with Crippen LogP contribution in [0, 0.1) is 13.8 Å². The standard InChI is InChI=1S/C17H21N5S/c1-12-18-13(2)22(20-12)10-14-6-5-9-21(14)11-17-19-15-7-3-4-8-16(15)23-17/h3-4,7-8,14H,5-6,9-11H2,1-2H3/t14-/m1/s1. The zero-order chi connectivity index (χ0) is 15.8. The number of hydrogen-bond acceptors (Lipinski definition) is 5. The van der Waals surface area contributed by atoms with Gasteiger partial charge in [0.2, 0.25) is 0 Å². The molecular weight excluding hydrogens is 306 g/mol. The van der Waals surface area contributed by atoms with Crippen LogP contribution in [-0.2, 0) is 13.1 Å². The highest BCUT2D eigenvalue weighted by Gasteiger charge is 2.26. The van der Waals surface area contributed by atoms with Crippen LogP contribution >= 0.6 is 11.3 Å². The molecule has 4 rings (SSSR count). The Morgan fingerprint density at radius 2 is 2.09 bits per heavy atom. The van der Waals surface area contributed by atoms with Gasteiger partial charge in [-0.25, -0.2) is 14.6 Å². The normalized spacial score (nSPS) is 19.0. The quantitative estimate of drug-likeness (QED) is 0.738. The number of nitrogens with zero attached hydrogens (tertiary/aromatic N) is 5. The predicted octanol–water partition coefficient (Wildman–Crippen LogP) is 3.17. The van der Waals surface area contributed by atoms with E-state index in [1.54, 1.807) is 0 Å². The summed E-state index contributed by atoms with van der Waals surface area (Å²) < 4.78 is 3.33. The van der Waals surface area contributed by atoms with Crippen molar-refractivity contribution in [2.75, 3.05) is 6.54 Å². The molecule has 120 valence electrons. The second-order valence-electron chi connectivity index (χ2n) is 6.23. The Morgan fingerprint density at radius 3 is 2.87 bits per heavy atom. The van der Waals surface area contributed by atoms with Crippen molar-refractivity contribution in [1.82, 2.24) is 24.6 Å². The first-order valence-corrected chi connectivity index (χ1v) is 8.97. The van der Waals surface area contributed by atoms with Crippen LogP contribution in [0.15, 0.2) is 24.3 Å². The Bertz CT molecular complexity index is 788. The molecule has 0 amide bonds. The first-order chi connectivity index (χ1) is 11.2. The summed E-state index contributed by atoms with van der Waals surface area (Å²) >= 11 is 1.81. The summed E-state index contributed by atoms with van der Waals surface area (Å²) in [5, 5.41) is 5.73. The van der Waals surface area contributed by atoms with Crippen molar-refractivity contribution >= 4 is 21.6 Å². The molecule has 0 bridgehead atoms. The van der Waals surface area contributed by atoms with Crippen LogP contribution in [0.1, 0.15) is 29.5 Å². The molecule has 1 atom stereocenters. The van der Waals surface area contributed by atoms with E-state index in [0.29, 0.717) is 6.04 Å². The summed E-state index contributed by atoms with van der Waals surface area (Å²) in [6, 6.07) is 8.92. The molecule has 5 nitrogen and oxygen atoms in total. The largest absolute Gasteiger partial charge is 0.292 e. The first-order valence-electron chi connectivity index (χ1n) is 8.15. The zero-order valence-corrected chi connectivity index (χ0v) is 14.4. The van der Waals surface area contributed by atoms with Gasteiger partial charge in [0.15, 0.2) is 0 Å². The molecule has 1 aliphatic heterocycles. The molecule has 1 aromatic carbocycles. The number of benzene rings is 1. The summed E-state index contributed by atoms with van der Waals surface area (Å²) in [4.78, 5) is 11.7. The fraction of sp³-hybridized carbons (Fsp3) is 0.471. The summed E-state index contributed by atoms with van der Waals surface area (Å²) in [6.07, 6.45) is 2.48. The summed E-state index contributed by atoms with van der Waals surface area (Å²) in [5.74, 6) is 1.87. The Hall–Kier alpha value is -1.79. The van der Waals surface area contributed by atoms with Gasteiger partial charge < -0.3 is 0 Å².